The van der Waals surface area contributed by atoms with Gasteiger partial charge in [0.25, 0.3) is 0 Å². The maximum atomic E-state index is 2.50. The zero-order valence-electron chi connectivity index (χ0n) is 17.3. The second-order valence-corrected chi connectivity index (χ2v) is 8.35. The molecule has 1 atom stereocenters. The van der Waals surface area contributed by atoms with Gasteiger partial charge < -0.3 is 0 Å². The van der Waals surface area contributed by atoms with Crippen LogP contribution in [0, 0.1) is 12.8 Å². The number of rotatable bonds is 8. The van der Waals surface area contributed by atoms with Gasteiger partial charge in [-0.15, -0.1) is 0 Å². The zero-order valence-corrected chi connectivity index (χ0v) is 17.3. The van der Waals surface area contributed by atoms with E-state index in [2.05, 4.69) is 58.1 Å². The molecule has 2 aliphatic carbocycles. The number of benzene rings is 1. The summed E-state index contributed by atoms with van der Waals surface area (Å²) in [6, 6.07) is 4.92. The van der Waals surface area contributed by atoms with Crippen molar-refractivity contribution in [3.63, 3.8) is 0 Å². The third-order valence-electron chi connectivity index (χ3n) is 6.44. The summed E-state index contributed by atoms with van der Waals surface area (Å²) in [6.07, 6.45) is 18.7. The summed E-state index contributed by atoms with van der Waals surface area (Å²) >= 11 is 0. The molecule has 2 aliphatic rings. The van der Waals surface area contributed by atoms with Crippen molar-refractivity contribution in [1.29, 1.82) is 0 Å². The number of unbranched alkanes of at least 4 members (excludes halogenated alkanes) is 1. The average molecular weight is 349 g/mol. The first kappa shape index (κ1) is 19.2. The van der Waals surface area contributed by atoms with Crippen LogP contribution in [-0.2, 0) is 12.8 Å². The molecule has 0 saturated carbocycles. The van der Waals surface area contributed by atoms with E-state index in [1.807, 2.05) is 0 Å². The van der Waals surface area contributed by atoms with Crippen LogP contribution in [0.4, 0.5) is 0 Å². The summed E-state index contributed by atoms with van der Waals surface area (Å²) in [5, 5.41) is 0. The summed E-state index contributed by atoms with van der Waals surface area (Å²) in [7, 11) is 0. The molecule has 0 heterocycles. The summed E-state index contributed by atoms with van der Waals surface area (Å²) in [4.78, 5) is 0. The number of hydrogen-bond donors (Lipinski definition) is 0. The van der Waals surface area contributed by atoms with Gasteiger partial charge in [-0.2, -0.15) is 0 Å². The molecule has 3 rings (SSSR count). The van der Waals surface area contributed by atoms with Crippen molar-refractivity contribution in [3.8, 4) is 0 Å². The highest BCUT2D eigenvalue weighted by Crippen LogP contribution is 2.34. The molecule has 1 aromatic carbocycles. The molecule has 0 aliphatic heterocycles. The largest absolute Gasteiger partial charge is 0.0802 e. The first-order valence-electron chi connectivity index (χ1n) is 10.8. The summed E-state index contributed by atoms with van der Waals surface area (Å²) in [6.45, 7) is 9.28. The van der Waals surface area contributed by atoms with Crippen LogP contribution in [0.15, 0.2) is 41.0 Å². The molecular formula is C26H36. The molecule has 0 saturated heterocycles. The fourth-order valence-corrected chi connectivity index (χ4v) is 4.67. The van der Waals surface area contributed by atoms with Crippen LogP contribution >= 0.6 is 0 Å². The topological polar surface area (TPSA) is 0 Å². The standard InChI is InChI=1S/C26H36/c1-5-7-10-22(17-24-13-8-11-21(24)6-2)19(3)16-26-18-25-14-9-12-23(25)15-20(26)4/h8,13,15-16,18,22H,5-7,9-12,14,17H2,1-4H3/b19-16+. The Hall–Kier alpha value is -1.56. The Balaban J connectivity index is 1.84. The maximum Gasteiger partial charge on any atom is -0.0130 e. The van der Waals surface area contributed by atoms with E-state index in [4.69, 9.17) is 0 Å². The van der Waals surface area contributed by atoms with E-state index in [9.17, 15) is 0 Å². The summed E-state index contributed by atoms with van der Waals surface area (Å²) in [5.74, 6) is 0.682. The van der Waals surface area contributed by atoms with E-state index in [0.29, 0.717) is 5.92 Å². The van der Waals surface area contributed by atoms with Crippen LogP contribution in [0.25, 0.3) is 6.08 Å². The van der Waals surface area contributed by atoms with Crippen molar-refractivity contribution in [3.05, 3.63) is 63.3 Å². The predicted molar refractivity (Wildman–Crippen MR) is 116 cm³/mol. The van der Waals surface area contributed by atoms with Crippen molar-refractivity contribution in [2.24, 2.45) is 5.92 Å². The van der Waals surface area contributed by atoms with Crippen molar-refractivity contribution in [1.82, 2.24) is 0 Å². The Bertz CT molecular complexity index is 727. The van der Waals surface area contributed by atoms with E-state index in [0.717, 1.165) is 0 Å². The smallest absolute Gasteiger partial charge is 0.0130 e. The molecule has 1 unspecified atom stereocenters. The second kappa shape index (κ2) is 8.89. The Morgan fingerprint density at radius 1 is 1.15 bits per heavy atom. The normalized spacial score (nSPS) is 17.9. The molecule has 0 aromatic heterocycles. The molecule has 0 nitrogen and oxygen atoms in total. The van der Waals surface area contributed by atoms with Gasteiger partial charge in [0.2, 0.25) is 0 Å². The molecule has 0 amide bonds. The lowest BCUT2D eigenvalue weighted by atomic mass is 9.85. The molecule has 0 radical (unpaired) electrons. The van der Waals surface area contributed by atoms with Crippen LogP contribution < -0.4 is 0 Å². The van der Waals surface area contributed by atoms with E-state index in [1.54, 1.807) is 27.8 Å². The SMILES string of the molecule is CCCCC(CC1=C(CC)CC=C1)/C(C)=C/c1cc2c(cc1C)CCC2. The van der Waals surface area contributed by atoms with Gasteiger partial charge in [-0.1, -0.05) is 68.2 Å². The third-order valence-corrected chi connectivity index (χ3v) is 6.44. The van der Waals surface area contributed by atoms with E-state index in [-0.39, 0.29) is 0 Å². The van der Waals surface area contributed by atoms with E-state index in [1.165, 1.54) is 68.9 Å². The average Bonchev–Trinajstić information content (AvgIpc) is 3.27. The Morgan fingerprint density at radius 2 is 1.92 bits per heavy atom. The summed E-state index contributed by atoms with van der Waals surface area (Å²) < 4.78 is 0. The lowest BCUT2D eigenvalue weighted by Gasteiger charge is -2.20. The molecule has 140 valence electrons. The molecule has 26 heavy (non-hydrogen) atoms. The van der Waals surface area contributed by atoms with Gasteiger partial charge in [0.05, 0.1) is 0 Å². The van der Waals surface area contributed by atoms with Gasteiger partial charge in [0.15, 0.2) is 0 Å². The van der Waals surface area contributed by atoms with Crippen molar-refractivity contribution in [2.75, 3.05) is 0 Å². The molecule has 0 bridgehead atoms. The molecule has 0 N–H and O–H groups in total. The van der Waals surface area contributed by atoms with E-state index >= 15 is 0 Å². The predicted octanol–water partition coefficient (Wildman–Crippen LogP) is 7.75. The van der Waals surface area contributed by atoms with Crippen molar-refractivity contribution < 1.29 is 0 Å². The van der Waals surface area contributed by atoms with Crippen LogP contribution in [0.3, 0.4) is 0 Å². The fraction of sp³-hybridized carbons (Fsp3) is 0.538. The number of fused-ring (bicyclic) bond motifs is 1. The van der Waals surface area contributed by atoms with Gasteiger partial charge in [-0.05, 0) is 92.5 Å². The first-order chi connectivity index (χ1) is 12.6. The first-order valence-corrected chi connectivity index (χ1v) is 10.8. The Kier molecular flexibility index (Phi) is 6.57. The highest BCUT2D eigenvalue weighted by Gasteiger charge is 2.17. The lowest BCUT2D eigenvalue weighted by Crippen LogP contribution is -2.05. The van der Waals surface area contributed by atoms with Gasteiger partial charge in [0, 0.05) is 0 Å². The highest BCUT2D eigenvalue weighted by atomic mass is 14.2. The van der Waals surface area contributed by atoms with Crippen LogP contribution in [0.5, 0.6) is 0 Å². The molecule has 0 fully saturated rings. The number of allylic oxidation sites excluding steroid dienone is 5. The minimum absolute atomic E-state index is 0.682. The van der Waals surface area contributed by atoms with Crippen LogP contribution in [-0.4, -0.2) is 0 Å². The van der Waals surface area contributed by atoms with Gasteiger partial charge in [-0.25, -0.2) is 0 Å². The number of aryl methyl sites for hydroxylation is 3. The van der Waals surface area contributed by atoms with Gasteiger partial charge >= 0.3 is 0 Å². The molecular weight excluding hydrogens is 312 g/mol. The minimum Gasteiger partial charge on any atom is -0.0802 e. The zero-order chi connectivity index (χ0) is 18.5. The van der Waals surface area contributed by atoms with E-state index < -0.39 is 0 Å². The van der Waals surface area contributed by atoms with Gasteiger partial charge in [0.1, 0.15) is 0 Å². The van der Waals surface area contributed by atoms with Crippen LogP contribution in [0.1, 0.15) is 88.0 Å². The fourth-order valence-electron chi connectivity index (χ4n) is 4.67. The summed E-state index contributed by atoms with van der Waals surface area (Å²) in [5.41, 5.74) is 10.9. The van der Waals surface area contributed by atoms with Gasteiger partial charge in [-0.3, -0.25) is 0 Å². The number of hydrogen-bond acceptors (Lipinski definition) is 0. The van der Waals surface area contributed by atoms with Crippen LogP contribution in [0.2, 0.25) is 0 Å². The molecule has 0 spiro atoms. The Labute approximate surface area is 161 Å². The monoisotopic (exact) mass is 348 g/mol. The highest BCUT2D eigenvalue weighted by molar-refractivity contribution is 5.59. The van der Waals surface area contributed by atoms with Crippen molar-refractivity contribution >= 4 is 6.08 Å². The minimum atomic E-state index is 0.682. The maximum absolute atomic E-state index is 2.50. The molecule has 1 aromatic rings. The Morgan fingerprint density at radius 3 is 2.65 bits per heavy atom. The molecule has 0 heteroatoms. The lowest BCUT2D eigenvalue weighted by molar-refractivity contribution is 0.529. The van der Waals surface area contributed by atoms with Crippen molar-refractivity contribution in [2.45, 2.75) is 85.5 Å². The quantitative estimate of drug-likeness (QED) is 0.450. The third kappa shape index (κ3) is 4.40. The second-order valence-electron chi connectivity index (χ2n) is 8.35.